The number of rotatable bonds is 9. The number of aryl methyl sites for hydroxylation is 1. The first-order valence-corrected chi connectivity index (χ1v) is 8.41. The van der Waals surface area contributed by atoms with E-state index in [-0.39, 0.29) is 24.7 Å². The van der Waals surface area contributed by atoms with Crippen LogP contribution in [-0.4, -0.2) is 19.2 Å². The lowest BCUT2D eigenvalue weighted by Gasteiger charge is -2.10. The van der Waals surface area contributed by atoms with Crippen molar-refractivity contribution in [2.24, 2.45) is 0 Å². The summed E-state index contributed by atoms with van der Waals surface area (Å²) >= 11 is 0. The molecule has 25 heavy (non-hydrogen) atoms. The Morgan fingerprint density at radius 2 is 1.68 bits per heavy atom. The topological polar surface area (TPSA) is 44.8 Å². The molecule has 0 amide bonds. The average molecular weight is 346 g/mol. The van der Waals surface area contributed by atoms with Crippen molar-refractivity contribution >= 4 is 5.97 Å². The molecule has 0 aromatic heterocycles. The Bertz CT molecular complexity index is 683. The normalized spacial score (nSPS) is 10.4. The molecule has 0 heterocycles. The summed E-state index contributed by atoms with van der Waals surface area (Å²) in [5.74, 6) is 0.267. The third kappa shape index (κ3) is 6.10. The van der Waals surface area contributed by atoms with Crippen molar-refractivity contribution in [1.29, 1.82) is 0 Å². The summed E-state index contributed by atoms with van der Waals surface area (Å²) in [4.78, 5) is 11.3. The predicted octanol–water partition coefficient (Wildman–Crippen LogP) is 4.30. The fraction of sp³-hybridized carbons (Fsp3) is 0.350. The van der Waals surface area contributed by atoms with Crippen molar-refractivity contribution in [1.82, 2.24) is 0 Å². The number of esters is 1. The Balaban J connectivity index is 1.88. The highest BCUT2D eigenvalue weighted by Gasteiger charge is 2.08. The molecule has 0 aliphatic carbocycles. The van der Waals surface area contributed by atoms with Gasteiger partial charge in [0, 0.05) is 6.42 Å². The van der Waals surface area contributed by atoms with Gasteiger partial charge in [0.2, 0.25) is 0 Å². The Kier molecular flexibility index (Phi) is 7.26. The number of hydrogen-bond acceptors (Lipinski definition) is 4. The molecular weight excluding hydrogens is 323 g/mol. The molecule has 134 valence electrons. The lowest BCUT2D eigenvalue weighted by molar-refractivity contribution is -0.143. The molecule has 2 aromatic rings. The van der Waals surface area contributed by atoms with Crippen LogP contribution in [0.25, 0.3) is 0 Å². The van der Waals surface area contributed by atoms with Gasteiger partial charge in [0.25, 0.3) is 0 Å². The van der Waals surface area contributed by atoms with Crippen molar-refractivity contribution in [2.75, 3.05) is 13.2 Å². The van der Waals surface area contributed by atoms with E-state index in [1.807, 2.05) is 31.2 Å². The minimum atomic E-state index is -0.438. The standard InChI is InChI=1S/C20H23FO4/c1-3-23-17-9-5-16(6-10-17)14-25-19-11-7-15(13-18(19)21)8-12-20(22)24-4-2/h5-7,9-11,13H,3-4,8,12,14H2,1-2H3. The van der Waals surface area contributed by atoms with Crippen LogP contribution in [0.5, 0.6) is 11.5 Å². The first kappa shape index (κ1) is 18.8. The summed E-state index contributed by atoms with van der Waals surface area (Å²) in [6, 6.07) is 12.2. The van der Waals surface area contributed by atoms with Gasteiger partial charge in [-0.2, -0.15) is 0 Å². The summed E-state index contributed by atoms with van der Waals surface area (Å²) < 4.78 is 29.9. The van der Waals surface area contributed by atoms with Crippen LogP contribution in [0.4, 0.5) is 4.39 Å². The maximum Gasteiger partial charge on any atom is 0.306 e. The van der Waals surface area contributed by atoms with Gasteiger partial charge in [-0.3, -0.25) is 4.79 Å². The van der Waals surface area contributed by atoms with Crippen LogP contribution in [0.2, 0.25) is 0 Å². The van der Waals surface area contributed by atoms with Gasteiger partial charge in [-0.25, -0.2) is 4.39 Å². The smallest absolute Gasteiger partial charge is 0.306 e. The van der Waals surface area contributed by atoms with E-state index < -0.39 is 5.82 Å². The molecule has 2 rings (SSSR count). The molecule has 0 spiro atoms. The maximum absolute atomic E-state index is 14.1. The number of carbonyl (C=O) groups is 1. The van der Waals surface area contributed by atoms with Gasteiger partial charge in [0.15, 0.2) is 11.6 Å². The molecule has 0 fully saturated rings. The number of benzene rings is 2. The third-order valence-electron chi connectivity index (χ3n) is 3.55. The number of carbonyl (C=O) groups excluding carboxylic acids is 1. The lowest BCUT2D eigenvalue weighted by atomic mass is 10.1. The van der Waals surface area contributed by atoms with E-state index in [1.165, 1.54) is 6.07 Å². The van der Waals surface area contributed by atoms with Crippen LogP contribution in [0.3, 0.4) is 0 Å². The molecule has 2 aromatic carbocycles. The molecule has 0 saturated carbocycles. The van der Waals surface area contributed by atoms with E-state index in [0.717, 1.165) is 16.9 Å². The fourth-order valence-corrected chi connectivity index (χ4v) is 2.31. The van der Waals surface area contributed by atoms with Crippen molar-refractivity contribution in [3.63, 3.8) is 0 Å². The zero-order chi connectivity index (χ0) is 18.1. The van der Waals surface area contributed by atoms with Gasteiger partial charge in [-0.05, 0) is 55.7 Å². The Labute approximate surface area is 147 Å². The summed E-state index contributed by atoms with van der Waals surface area (Å²) in [6.07, 6.45) is 0.675. The molecule has 0 saturated heterocycles. The number of halogens is 1. The quantitative estimate of drug-likeness (QED) is 0.635. The summed E-state index contributed by atoms with van der Waals surface area (Å²) in [6.45, 7) is 4.92. The summed E-state index contributed by atoms with van der Waals surface area (Å²) in [7, 11) is 0. The lowest BCUT2D eigenvalue weighted by Crippen LogP contribution is -2.05. The average Bonchev–Trinajstić information content (AvgIpc) is 2.61. The Morgan fingerprint density at radius 3 is 2.32 bits per heavy atom. The van der Waals surface area contributed by atoms with Crippen LogP contribution >= 0.6 is 0 Å². The van der Waals surface area contributed by atoms with E-state index in [9.17, 15) is 9.18 Å². The van der Waals surface area contributed by atoms with E-state index in [1.54, 1.807) is 19.1 Å². The van der Waals surface area contributed by atoms with Gasteiger partial charge < -0.3 is 14.2 Å². The monoisotopic (exact) mass is 346 g/mol. The van der Waals surface area contributed by atoms with Crippen molar-refractivity contribution in [3.05, 3.63) is 59.4 Å². The zero-order valence-electron chi connectivity index (χ0n) is 14.6. The van der Waals surface area contributed by atoms with Crippen LogP contribution in [0.15, 0.2) is 42.5 Å². The van der Waals surface area contributed by atoms with Gasteiger partial charge >= 0.3 is 5.97 Å². The van der Waals surface area contributed by atoms with Crippen molar-refractivity contribution < 1.29 is 23.4 Å². The maximum atomic E-state index is 14.1. The minimum Gasteiger partial charge on any atom is -0.494 e. The van der Waals surface area contributed by atoms with E-state index >= 15 is 0 Å². The second-order valence-corrected chi connectivity index (χ2v) is 5.44. The SMILES string of the molecule is CCOC(=O)CCc1ccc(OCc2ccc(OCC)cc2)c(F)c1. The highest BCUT2D eigenvalue weighted by molar-refractivity contribution is 5.69. The summed E-state index contributed by atoms with van der Waals surface area (Å²) in [5.41, 5.74) is 1.66. The molecule has 4 nitrogen and oxygen atoms in total. The van der Waals surface area contributed by atoms with Gasteiger partial charge in [-0.1, -0.05) is 18.2 Å². The first-order valence-electron chi connectivity index (χ1n) is 8.41. The van der Waals surface area contributed by atoms with Gasteiger partial charge in [0.05, 0.1) is 13.2 Å². The van der Waals surface area contributed by atoms with Gasteiger partial charge in [-0.15, -0.1) is 0 Å². The second-order valence-electron chi connectivity index (χ2n) is 5.44. The van der Waals surface area contributed by atoms with Crippen LogP contribution in [0.1, 0.15) is 31.4 Å². The second kappa shape index (κ2) is 9.67. The molecule has 0 aliphatic rings. The van der Waals surface area contributed by atoms with Crippen LogP contribution in [0, 0.1) is 5.82 Å². The van der Waals surface area contributed by atoms with E-state index in [4.69, 9.17) is 14.2 Å². The number of hydrogen-bond donors (Lipinski definition) is 0. The highest BCUT2D eigenvalue weighted by atomic mass is 19.1. The Morgan fingerprint density at radius 1 is 0.960 bits per heavy atom. The van der Waals surface area contributed by atoms with Crippen molar-refractivity contribution in [2.45, 2.75) is 33.3 Å². The molecule has 0 atom stereocenters. The fourth-order valence-electron chi connectivity index (χ4n) is 2.31. The summed E-state index contributed by atoms with van der Waals surface area (Å²) in [5, 5.41) is 0. The van der Waals surface area contributed by atoms with Crippen LogP contribution < -0.4 is 9.47 Å². The van der Waals surface area contributed by atoms with Crippen LogP contribution in [-0.2, 0) is 22.6 Å². The van der Waals surface area contributed by atoms with Gasteiger partial charge in [0.1, 0.15) is 12.4 Å². The molecule has 0 aliphatic heterocycles. The minimum absolute atomic E-state index is 0.189. The van der Waals surface area contributed by atoms with Crippen molar-refractivity contribution in [3.8, 4) is 11.5 Å². The molecule has 0 bridgehead atoms. The van der Waals surface area contributed by atoms with E-state index in [2.05, 4.69) is 0 Å². The number of ether oxygens (including phenoxy) is 3. The molecule has 0 N–H and O–H groups in total. The molecule has 0 radical (unpaired) electrons. The third-order valence-corrected chi connectivity index (χ3v) is 3.55. The predicted molar refractivity (Wildman–Crippen MR) is 93.3 cm³/mol. The first-order chi connectivity index (χ1) is 12.1. The molecule has 0 unspecified atom stereocenters. The Hall–Kier alpha value is -2.56. The zero-order valence-corrected chi connectivity index (χ0v) is 14.6. The largest absolute Gasteiger partial charge is 0.494 e. The van der Waals surface area contributed by atoms with E-state index in [0.29, 0.717) is 19.6 Å². The highest BCUT2D eigenvalue weighted by Crippen LogP contribution is 2.21. The molecular formula is C20H23FO4. The molecule has 5 heteroatoms.